The summed E-state index contributed by atoms with van der Waals surface area (Å²) in [6, 6.07) is 0.329. The molecule has 118 valence electrons. The maximum absolute atomic E-state index is 5.92. The number of anilines is 1. The molecule has 0 aliphatic carbocycles. The zero-order valence-corrected chi connectivity index (χ0v) is 14.8. The molecule has 1 aromatic rings. The van der Waals surface area contributed by atoms with E-state index in [0.29, 0.717) is 12.0 Å². The molecule has 0 atom stereocenters. The Labute approximate surface area is 136 Å². The molecule has 1 aliphatic heterocycles. The number of aromatic nitrogens is 3. The van der Waals surface area contributed by atoms with E-state index < -0.39 is 0 Å². The number of nitrogens with zero attached hydrogens (tertiary/aromatic N) is 4. The van der Waals surface area contributed by atoms with Crippen LogP contribution in [-0.4, -0.2) is 38.6 Å². The maximum atomic E-state index is 5.92. The highest BCUT2D eigenvalue weighted by Gasteiger charge is 2.40. The van der Waals surface area contributed by atoms with Crippen molar-refractivity contribution in [1.29, 1.82) is 0 Å². The van der Waals surface area contributed by atoms with Crippen LogP contribution in [0.25, 0.3) is 0 Å². The second-order valence-electron chi connectivity index (χ2n) is 6.91. The van der Waals surface area contributed by atoms with Crippen LogP contribution in [0.3, 0.4) is 0 Å². The van der Waals surface area contributed by atoms with Crippen LogP contribution < -0.4 is 10.2 Å². The first kappa shape index (κ1) is 16.7. The van der Waals surface area contributed by atoms with Crippen molar-refractivity contribution in [3.63, 3.8) is 0 Å². The van der Waals surface area contributed by atoms with Gasteiger partial charge >= 0.3 is 0 Å². The van der Waals surface area contributed by atoms with Gasteiger partial charge in [0.2, 0.25) is 16.5 Å². The largest absolute Gasteiger partial charge is 0.338 e. The average molecular weight is 332 g/mol. The molecule has 0 spiro atoms. The fraction of sp³-hybridized carbons (Fsp3) is 0.786. The Morgan fingerprint density at radius 3 is 1.95 bits per heavy atom. The Morgan fingerprint density at radius 2 is 1.52 bits per heavy atom. The van der Waals surface area contributed by atoms with Gasteiger partial charge in [-0.2, -0.15) is 15.0 Å². The Kier molecular flexibility index (Phi) is 4.66. The first-order valence-corrected chi connectivity index (χ1v) is 8.00. The van der Waals surface area contributed by atoms with E-state index in [-0.39, 0.29) is 21.6 Å². The predicted molar refractivity (Wildman–Crippen MR) is 87.2 cm³/mol. The molecular weight excluding hydrogens is 309 g/mol. The quantitative estimate of drug-likeness (QED) is 0.920. The molecule has 2 rings (SSSR count). The second-order valence-corrected chi connectivity index (χ2v) is 7.59. The first-order chi connectivity index (χ1) is 9.62. The lowest BCUT2D eigenvalue weighted by atomic mass is 9.79. The van der Waals surface area contributed by atoms with Crippen LogP contribution in [0.2, 0.25) is 10.6 Å². The SMILES string of the molecule is CCN(c1nc(Cl)nc(Cl)n1)C1CC(C)(C)NC(C)(C)C1. The number of hydrogen-bond acceptors (Lipinski definition) is 5. The van der Waals surface area contributed by atoms with Gasteiger partial charge in [0.15, 0.2) is 0 Å². The molecule has 1 N–H and O–H groups in total. The number of rotatable bonds is 3. The molecular formula is C14H23Cl2N5. The lowest BCUT2D eigenvalue weighted by Gasteiger charge is -2.49. The van der Waals surface area contributed by atoms with Crippen molar-refractivity contribution in [3.8, 4) is 0 Å². The van der Waals surface area contributed by atoms with Gasteiger partial charge in [-0.25, -0.2) is 0 Å². The van der Waals surface area contributed by atoms with E-state index in [1.165, 1.54) is 0 Å². The molecule has 0 saturated carbocycles. The van der Waals surface area contributed by atoms with E-state index in [1.807, 2.05) is 0 Å². The number of hydrogen-bond donors (Lipinski definition) is 1. The van der Waals surface area contributed by atoms with Crippen molar-refractivity contribution in [1.82, 2.24) is 20.3 Å². The topological polar surface area (TPSA) is 53.9 Å². The van der Waals surface area contributed by atoms with Crippen LogP contribution in [0.1, 0.15) is 47.5 Å². The van der Waals surface area contributed by atoms with Gasteiger partial charge in [-0.05, 0) is 70.7 Å². The monoisotopic (exact) mass is 331 g/mol. The van der Waals surface area contributed by atoms with Crippen molar-refractivity contribution in [3.05, 3.63) is 10.6 Å². The van der Waals surface area contributed by atoms with Gasteiger partial charge in [-0.1, -0.05) is 0 Å². The molecule has 0 amide bonds. The Balaban J connectivity index is 2.32. The molecule has 0 unspecified atom stereocenters. The zero-order chi connectivity index (χ0) is 15.8. The summed E-state index contributed by atoms with van der Waals surface area (Å²) in [4.78, 5) is 14.5. The zero-order valence-electron chi connectivity index (χ0n) is 13.2. The average Bonchev–Trinajstić information content (AvgIpc) is 2.23. The van der Waals surface area contributed by atoms with Crippen LogP contribution in [0.5, 0.6) is 0 Å². The summed E-state index contributed by atoms with van der Waals surface area (Å²) in [5.74, 6) is 0.556. The summed E-state index contributed by atoms with van der Waals surface area (Å²) in [6.07, 6.45) is 2.01. The van der Waals surface area contributed by atoms with Gasteiger partial charge in [0, 0.05) is 23.7 Å². The van der Waals surface area contributed by atoms with E-state index in [4.69, 9.17) is 23.2 Å². The highest BCUT2D eigenvalue weighted by molar-refractivity contribution is 6.31. The maximum Gasteiger partial charge on any atom is 0.231 e. The molecule has 1 aliphatic rings. The second kappa shape index (κ2) is 5.86. The highest BCUT2D eigenvalue weighted by Crippen LogP contribution is 2.33. The summed E-state index contributed by atoms with van der Waals surface area (Å²) in [5, 5.41) is 3.95. The van der Waals surface area contributed by atoms with Crippen molar-refractivity contribution in [2.75, 3.05) is 11.4 Å². The third kappa shape index (κ3) is 4.18. The van der Waals surface area contributed by atoms with E-state index in [1.54, 1.807) is 0 Å². The number of nitrogens with one attached hydrogen (secondary N) is 1. The fourth-order valence-corrected chi connectivity index (χ4v) is 3.85. The van der Waals surface area contributed by atoms with Crippen molar-refractivity contribution < 1.29 is 0 Å². The van der Waals surface area contributed by atoms with Gasteiger partial charge in [0.25, 0.3) is 0 Å². The van der Waals surface area contributed by atoms with Crippen LogP contribution in [-0.2, 0) is 0 Å². The lowest BCUT2D eigenvalue weighted by molar-refractivity contribution is 0.158. The summed E-state index contributed by atoms with van der Waals surface area (Å²) in [5.41, 5.74) is 0.112. The predicted octanol–water partition coefficient (Wildman–Crippen LogP) is 3.31. The Morgan fingerprint density at radius 1 is 1.05 bits per heavy atom. The fourth-order valence-electron chi connectivity index (χ4n) is 3.50. The van der Waals surface area contributed by atoms with E-state index in [2.05, 4.69) is 59.8 Å². The Bertz CT molecular complexity index is 482. The smallest absolute Gasteiger partial charge is 0.231 e. The van der Waals surface area contributed by atoms with Crippen molar-refractivity contribution in [2.24, 2.45) is 0 Å². The van der Waals surface area contributed by atoms with E-state index >= 15 is 0 Å². The third-order valence-electron chi connectivity index (χ3n) is 3.78. The van der Waals surface area contributed by atoms with Gasteiger partial charge in [-0.15, -0.1) is 0 Å². The molecule has 1 aromatic heterocycles. The summed E-state index contributed by atoms with van der Waals surface area (Å²) < 4.78 is 0. The number of piperidine rings is 1. The first-order valence-electron chi connectivity index (χ1n) is 7.25. The van der Waals surface area contributed by atoms with Crippen molar-refractivity contribution in [2.45, 2.75) is 64.6 Å². The normalized spacial score (nSPS) is 21.3. The van der Waals surface area contributed by atoms with E-state index in [9.17, 15) is 0 Å². The van der Waals surface area contributed by atoms with Crippen LogP contribution in [0, 0.1) is 0 Å². The molecule has 1 saturated heterocycles. The summed E-state index contributed by atoms with van der Waals surface area (Å²) in [6.45, 7) is 11.8. The molecule has 0 aromatic carbocycles. The summed E-state index contributed by atoms with van der Waals surface area (Å²) >= 11 is 11.8. The third-order valence-corrected chi connectivity index (χ3v) is 4.11. The molecule has 0 bridgehead atoms. The number of halogens is 2. The van der Waals surface area contributed by atoms with Crippen LogP contribution in [0.4, 0.5) is 5.95 Å². The minimum absolute atomic E-state index is 0.0560. The lowest BCUT2D eigenvalue weighted by Crippen LogP contribution is -2.62. The summed E-state index contributed by atoms with van der Waals surface area (Å²) in [7, 11) is 0. The molecule has 2 heterocycles. The highest BCUT2D eigenvalue weighted by atomic mass is 35.5. The minimum atomic E-state index is 0.0560. The standard InChI is InChI=1S/C14H23Cl2N5/c1-6-21(12-18-10(15)17-11(16)19-12)9-7-13(2,3)20-14(4,5)8-9/h9,20H,6-8H2,1-5H3. The van der Waals surface area contributed by atoms with Gasteiger partial charge in [-0.3, -0.25) is 0 Å². The Hall–Kier alpha value is -0.650. The van der Waals surface area contributed by atoms with Gasteiger partial charge in [0.1, 0.15) is 0 Å². The van der Waals surface area contributed by atoms with Gasteiger partial charge in [0.05, 0.1) is 0 Å². The molecule has 7 heteroatoms. The van der Waals surface area contributed by atoms with Crippen LogP contribution >= 0.6 is 23.2 Å². The molecule has 5 nitrogen and oxygen atoms in total. The molecule has 21 heavy (non-hydrogen) atoms. The van der Waals surface area contributed by atoms with E-state index in [0.717, 1.165) is 19.4 Å². The molecule has 0 radical (unpaired) electrons. The van der Waals surface area contributed by atoms with Crippen LogP contribution in [0.15, 0.2) is 0 Å². The molecule has 1 fully saturated rings. The van der Waals surface area contributed by atoms with Crippen molar-refractivity contribution >= 4 is 29.2 Å². The minimum Gasteiger partial charge on any atom is -0.338 e. The van der Waals surface area contributed by atoms with Gasteiger partial charge < -0.3 is 10.2 Å².